The molecule has 4 N–H and O–H groups in total. The third-order valence-electron chi connectivity index (χ3n) is 5.03. The molecule has 0 heterocycles. The number of rotatable bonds is 13. The predicted molar refractivity (Wildman–Crippen MR) is 112 cm³/mol. The van der Waals surface area contributed by atoms with Crippen LogP contribution in [0.3, 0.4) is 0 Å². The van der Waals surface area contributed by atoms with Crippen LogP contribution >= 0.6 is 0 Å². The summed E-state index contributed by atoms with van der Waals surface area (Å²) >= 11 is 0. The fourth-order valence-electron chi connectivity index (χ4n) is 3.67. The van der Waals surface area contributed by atoms with Gasteiger partial charge in [-0.1, -0.05) is 32.1 Å². The number of alkyl carbamates (subject to hydrolysis) is 1. The molecule has 0 aromatic carbocycles. The highest BCUT2D eigenvalue weighted by atomic mass is 16.7. The van der Waals surface area contributed by atoms with Crippen LogP contribution in [0.15, 0.2) is 0 Å². The Balaban J connectivity index is 2.84. The van der Waals surface area contributed by atoms with Crippen LogP contribution < -0.4 is 11.1 Å². The van der Waals surface area contributed by atoms with Gasteiger partial charge < -0.3 is 35.1 Å². The summed E-state index contributed by atoms with van der Waals surface area (Å²) in [6.07, 6.45) is 5.04. The van der Waals surface area contributed by atoms with Gasteiger partial charge in [0.05, 0.1) is 25.4 Å². The lowest BCUT2D eigenvalue weighted by atomic mass is 9.83. The lowest BCUT2D eigenvalue weighted by Gasteiger charge is -2.35. The van der Waals surface area contributed by atoms with Gasteiger partial charge in [0.1, 0.15) is 18.5 Å². The Labute approximate surface area is 175 Å². The zero-order valence-electron chi connectivity index (χ0n) is 18.7. The van der Waals surface area contributed by atoms with Crippen molar-refractivity contribution in [2.75, 3.05) is 33.7 Å². The summed E-state index contributed by atoms with van der Waals surface area (Å²) in [5, 5.41) is 13.6. The molecule has 1 rings (SSSR count). The largest absolute Gasteiger partial charge is 0.444 e. The molecule has 1 fully saturated rings. The Morgan fingerprint density at radius 2 is 1.90 bits per heavy atom. The second kappa shape index (κ2) is 14.1. The highest BCUT2D eigenvalue weighted by Crippen LogP contribution is 2.29. The number of hydrogen-bond donors (Lipinski definition) is 3. The summed E-state index contributed by atoms with van der Waals surface area (Å²) in [6.45, 7) is 6.65. The van der Waals surface area contributed by atoms with Crippen molar-refractivity contribution in [2.45, 2.75) is 89.6 Å². The van der Waals surface area contributed by atoms with Gasteiger partial charge in [-0.15, -0.1) is 0 Å². The number of ether oxygens (including phenoxy) is 4. The van der Waals surface area contributed by atoms with E-state index in [0.29, 0.717) is 32.1 Å². The maximum absolute atomic E-state index is 12.5. The number of hydrogen-bond acceptors (Lipinski definition) is 7. The Hall–Kier alpha value is -0.930. The fourth-order valence-corrected chi connectivity index (χ4v) is 3.67. The maximum atomic E-state index is 12.5. The number of nitrogens with two attached hydrogens (primary N) is 1. The summed E-state index contributed by atoms with van der Waals surface area (Å²) in [7, 11) is 1.60. The van der Waals surface area contributed by atoms with Gasteiger partial charge in [0.2, 0.25) is 0 Å². The summed E-state index contributed by atoms with van der Waals surface area (Å²) in [5.41, 5.74) is 5.05. The van der Waals surface area contributed by atoms with Crippen molar-refractivity contribution in [1.29, 1.82) is 0 Å². The van der Waals surface area contributed by atoms with E-state index in [4.69, 9.17) is 24.7 Å². The number of methoxy groups -OCH3 is 1. The van der Waals surface area contributed by atoms with Gasteiger partial charge in [-0.3, -0.25) is 0 Å². The second-order valence-electron chi connectivity index (χ2n) is 8.79. The van der Waals surface area contributed by atoms with Crippen LogP contribution in [0.5, 0.6) is 0 Å². The SMILES string of the molecule is COCCOCO[C@H]([C@H](CC1CCCCC1)NC(=O)OC(C)(C)C)[C@@H](O)CCN. The van der Waals surface area contributed by atoms with Gasteiger partial charge in [-0.05, 0) is 46.1 Å². The van der Waals surface area contributed by atoms with Gasteiger partial charge in [0.15, 0.2) is 0 Å². The first-order chi connectivity index (χ1) is 13.8. The summed E-state index contributed by atoms with van der Waals surface area (Å²) < 4.78 is 21.7. The summed E-state index contributed by atoms with van der Waals surface area (Å²) in [4.78, 5) is 12.5. The zero-order chi connectivity index (χ0) is 21.7. The van der Waals surface area contributed by atoms with Crippen LogP contribution in [0, 0.1) is 5.92 Å². The number of carbonyl (C=O) groups is 1. The molecule has 172 valence electrons. The molecule has 8 nitrogen and oxygen atoms in total. The van der Waals surface area contributed by atoms with Crippen molar-refractivity contribution in [2.24, 2.45) is 11.7 Å². The molecule has 0 aromatic rings. The van der Waals surface area contributed by atoms with Crippen molar-refractivity contribution in [3.05, 3.63) is 0 Å². The van der Waals surface area contributed by atoms with E-state index >= 15 is 0 Å². The molecule has 8 heteroatoms. The molecule has 1 aliphatic rings. The highest BCUT2D eigenvalue weighted by Gasteiger charge is 2.34. The standard InChI is InChI=1S/C21H42N2O6/c1-21(2,3)29-20(25)23-17(14-16-8-6-5-7-9-16)19(18(24)10-11-22)28-15-27-13-12-26-4/h16-19,24H,5-15,22H2,1-4H3,(H,23,25)/t17-,18-,19+/m0/s1. The van der Waals surface area contributed by atoms with Crippen LogP contribution in [0.4, 0.5) is 4.79 Å². The topological polar surface area (TPSA) is 112 Å². The molecule has 29 heavy (non-hydrogen) atoms. The average Bonchev–Trinajstić information content (AvgIpc) is 2.63. The molecular weight excluding hydrogens is 376 g/mol. The molecule has 0 unspecified atom stereocenters. The molecule has 0 saturated heterocycles. The van der Waals surface area contributed by atoms with Crippen molar-refractivity contribution in [3.63, 3.8) is 0 Å². The van der Waals surface area contributed by atoms with Gasteiger partial charge in [0.25, 0.3) is 0 Å². The monoisotopic (exact) mass is 418 g/mol. The third kappa shape index (κ3) is 11.7. The summed E-state index contributed by atoms with van der Waals surface area (Å²) in [5.74, 6) is 0.481. The molecular formula is C21H42N2O6. The normalized spacial score (nSPS) is 18.8. The molecule has 1 amide bonds. The first-order valence-corrected chi connectivity index (χ1v) is 10.8. The highest BCUT2D eigenvalue weighted by molar-refractivity contribution is 5.68. The minimum Gasteiger partial charge on any atom is -0.444 e. The van der Waals surface area contributed by atoms with E-state index in [2.05, 4.69) is 5.32 Å². The quantitative estimate of drug-likeness (QED) is 0.311. The number of aliphatic hydroxyl groups is 1. The van der Waals surface area contributed by atoms with E-state index in [0.717, 1.165) is 19.3 Å². The van der Waals surface area contributed by atoms with E-state index in [-0.39, 0.29) is 12.8 Å². The number of amides is 1. The molecule has 0 radical (unpaired) electrons. The van der Waals surface area contributed by atoms with E-state index in [9.17, 15) is 9.90 Å². The van der Waals surface area contributed by atoms with E-state index in [1.54, 1.807) is 7.11 Å². The van der Waals surface area contributed by atoms with Crippen LogP contribution in [0.2, 0.25) is 0 Å². The smallest absolute Gasteiger partial charge is 0.407 e. The molecule has 0 aromatic heterocycles. The predicted octanol–water partition coefficient (Wildman–Crippen LogP) is 2.57. The molecule has 0 aliphatic heterocycles. The van der Waals surface area contributed by atoms with Crippen molar-refractivity contribution >= 4 is 6.09 Å². The second-order valence-corrected chi connectivity index (χ2v) is 8.79. The maximum Gasteiger partial charge on any atom is 0.407 e. The Morgan fingerprint density at radius 1 is 1.21 bits per heavy atom. The van der Waals surface area contributed by atoms with Crippen LogP contribution in [-0.2, 0) is 18.9 Å². The van der Waals surface area contributed by atoms with E-state index in [1.807, 2.05) is 20.8 Å². The van der Waals surface area contributed by atoms with Gasteiger partial charge in [0, 0.05) is 7.11 Å². The Kier molecular flexibility index (Phi) is 12.7. The first-order valence-electron chi connectivity index (χ1n) is 10.8. The minimum atomic E-state index is -0.811. The van der Waals surface area contributed by atoms with Crippen LogP contribution in [-0.4, -0.2) is 68.7 Å². The molecule has 1 aliphatic carbocycles. The van der Waals surface area contributed by atoms with Gasteiger partial charge in [-0.25, -0.2) is 4.79 Å². The Bertz CT molecular complexity index is 437. The van der Waals surface area contributed by atoms with E-state index < -0.39 is 23.9 Å². The van der Waals surface area contributed by atoms with Crippen molar-refractivity contribution < 1.29 is 28.8 Å². The van der Waals surface area contributed by atoms with Crippen LogP contribution in [0.25, 0.3) is 0 Å². The number of carbonyl (C=O) groups excluding carboxylic acids is 1. The molecule has 0 spiro atoms. The molecule has 0 bridgehead atoms. The van der Waals surface area contributed by atoms with E-state index in [1.165, 1.54) is 19.3 Å². The zero-order valence-corrected chi connectivity index (χ0v) is 18.7. The van der Waals surface area contributed by atoms with Crippen LogP contribution in [0.1, 0.15) is 65.7 Å². The van der Waals surface area contributed by atoms with Crippen molar-refractivity contribution in [1.82, 2.24) is 5.32 Å². The lowest BCUT2D eigenvalue weighted by molar-refractivity contribution is -0.141. The first kappa shape index (κ1) is 26.1. The summed E-state index contributed by atoms with van der Waals surface area (Å²) in [6, 6.07) is -0.388. The van der Waals surface area contributed by atoms with Gasteiger partial charge in [-0.2, -0.15) is 0 Å². The lowest BCUT2D eigenvalue weighted by Crippen LogP contribution is -2.52. The average molecular weight is 419 g/mol. The fraction of sp³-hybridized carbons (Fsp3) is 0.952. The Morgan fingerprint density at radius 3 is 2.48 bits per heavy atom. The molecule has 3 atom stereocenters. The van der Waals surface area contributed by atoms with Crippen molar-refractivity contribution in [3.8, 4) is 0 Å². The number of nitrogens with one attached hydrogen (secondary N) is 1. The molecule has 1 saturated carbocycles. The number of aliphatic hydroxyl groups excluding tert-OH is 1. The minimum absolute atomic E-state index is 0.00677. The van der Waals surface area contributed by atoms with Gasteiger partial charge >= 0.3 is 6.09 Å². The third-order valence-corrected chi connectivity index (χ3v) is 5.03.